The van der Waals surface area contributed by atoms with E-state index in [0.717, 1.165) is 23.4 Å². The first-order chi connectivity index (χ1) is 9.04. The van der Waals surface area contributed by atoms with Crippen molar-refractivity contribution in [3.63, 3.8) is 0 Å². The molecule has 6 heteroatoms. The monoisotopic (exact) mass is 265 g/mol. The lowest BCUT2D eigenvalue weighted by Gasteiger charge is -2.08. The van der Waals surface area contributed by atoms with Crippen LogP contribution in [0.2, 0.25) is 0 Å². The molecule has 3 nitrogen and oxygen atoms in total. The van der Waals surface area contributed by atoms with Gasteiger partial charge in [-0.3, -0.25) is 0 Å². The molecule has 0 saturated heterocycles. The van der Waals surface area contributed by atoms with Crippen molar-refractivity contribution in [2.24, 2.45) is 0 Å². The Kier molecular flexibility index (Phi) is 2.74. The summed E-state index contributed by atoms with van der Waals surface area (Å²) in [6, 6.07) is 5.06. The van der Waals surface area contributed by atoms with Crippen molar-refractivity contribution in [2.75, 3.05) is 0 Å². The summed E-state index contributed by atoms with van der Waals surface area (Å²) in [7, 11) is 0. The molecule has 1 aromatic carbocycles. The van der Waals surface area contributed by atoms with Crippen LogP contribution < -0.4 is 5.32 Å². The van der Waals surface area contributed by atoms with E-state index in [1.54, 1.807) is 12.3 Å². The van der Waals surface area contributed by atoms with Crippen LogP contribution in [0.5, 0.6) is 0 Å². The Bertz CT molecular complexity index is 623. The second kappa shape index (κ2) is 4.31. The van der Waals surface area contributed by atoms with E-state index in [9.17, 15) is 13.2 Å². The summed E-state index contributed by atoms with van der Waals surface area (Å²) in [5.74, 6) is 0.327. The van der Waals surface area contributed by atoms with Gasteiger partial charge in [-0.25, -0.2) is 9.97 Å². The average Bonchev–Trinajstić information content (AvgIpc) is 2.85. The maximum Gasteiger partial charge on any atom is 0.416 e. The van der Waals surface area contributed by atoms with Gasteiger partial charge in [0.25, 0.3) is 0 Å². The van der Waals surface area contributed by atoms with E-state index < -0.39 is 11.7 Å². The van der Waals surface area contributed by atoms with E-state index in [4.69, 9.17) is 0 Å². The molecule has 0 fully saturated rings. The lowest BCUT2D eigenvalue weighted by molar-refractivity contribution is -0.137. The highest BCUT2D eigenvalue weighted by Gasteiger charge is 2.30. The average molecular weight is 265 g/mol. The fourth-order valence-electron chi connectivity index (χ4n) is 2.03. The molecule has 0 bridgehead atoms. The van der Waals surface area contributed by atoms with Gasteiger partial charge in [0, 0.05) is 30.4 Å². The van der Waals surface area contributed by atoms with Crippen LogP contribution in [0.25, 0.3) is 11.4 Å². The molecule has 1 aliphatic rings. The predicted molar refractivity (Wildman–Crippen MR) is 63.0 cm³/mol. The van der Waals surface area contributed by atoms with E-state index in [0.29, 0.717) is 24.5 Å². The molecule has 1 aliphatic heterocycles. The zero-order valence-corrected chi connectivity index (χ0v) is 9.83. The van der Waals surface area contributed by atoms with Crippen molar-refractivity contribution in [1.82, 2.24) is 15.3 Å². The van der Waals surface area contributed by atoms with Crippen molar-refractivity contribution < 1.29 is 13.2 Å². The highest BCUT2D eigenvalue weighted by Crippen LogP contribution is 2.31. The van der Waals surface area contributed by atoms with Gasteiger partial charge in [0.15, 0.2) is 5.82 Å². The minimum absolute atomic E-state index is 0.327. The van der Waals surface area contributed by atoms with Gasteiger partial charge in [0.05, 0.1) is 11.3 Å². The predicted octanol–water partition coefficient (Wildman–Crippen LogP) is 2.77. The molecule has 0 saturated carbocycles. The number of alkyl halides is 3. The van der Waals surface area contributed by atoms with Gasteiger partial charge in [0.1, 0.15) is 0 Å². The molecule has 0 atom stereocenters. The molecule has 2 aromatic rings. The van der Waals surface area contributed by atoms with Crippen LogP contribution in [0.3, 0.4) is 0 Å². The third kappa shape index (κ3) is 2.31. The summed E-state index contributed by atoms with van der Waals surface area (Å²) in [5, 5.41) is 3.12. The first-order valence-electron chi connectivity index (χ1n) is 5.77. The largest absolute Gasteiger partial charge is 0.416 e. The Balaban J connectivity index is 2.03. The summed E-state index contributed by atoms with van der Waals surface area (Å²) in [6.07, 6.45) is -2.69. The third-order valence-corrected chi connectivity index (χ3v) is 3.01. The smallest absolute Gasteiger partial charge is 0.307 e. The number of hydrogen-bond donors (Lipinski definition) is 1. The SMILES string of the molecule is FC(F)(F)c1cccc(-c2ncc3c(n2)CNC3)c1. The maximum absolute atomic E-state index is 12.7. The fourth-order valence-corrected chi connectivity index (χ4v) is 2.03. The van der Waals surface area contributed by atoms with Crippen LogP contribution in [-0.4, -0.2) is 9.97 Å². The molecule has 0 aliphatic carbocycles. The summed E-state index contributed by atoms with van der Waals surface area (Å²) < 4.78 is 38.0. The molecule has 19 heavy (non-hydrogen) atoms. The molecule has 1 aromatic heterocycles. The number of rotatable bonds is 1. The van der Waals surface area contributed by atoms with Crippen molar-refractivity contribution >= 4 is 0 Å². The van der Waals surface area contributed by atoms with Gasteiger partial charge in [-0.05, 0) is 12.1 Å². The van der Waals surface area contributed by atoms with Crippen LogP contribution in [-0.2, 0) is 19.3 Å². The lowest BCUT2D eigenvalue weighted by Crippen LogP contribution is -2.05. The van der Waals surface area contributed by atoms with E-state index in [-0.39, 0.29) is 0 Å². The first-order valence-corrected chi connectivity index (χ1v) is 5.77. The lowest BCUT2D eigenvalue weighted by atomic mass is 10.1. The number of fused-ring (bicyclic) bond motifs is 1. The van der Waals surface area contributed by atoms with Crippen LogP contribution >= 0.6 is 0 Å². The third-order valence-electron chi connectivity index (χ3n) is 3.01. The molecule has 0 amide bonds. The van der Waals surface area contributed by atoms with Gasteiger partial charge < -0.3 is 5.32 Å². The van der Waals surface area contributed by atoms with E-state index in [1.165, 1.54) is 6.07 Å². The summed E-state index contributed by atoms with van der Waals surface area (Å²) in [4.78, 5) is 8.43. The topological polar surface area (TPSA) is 37.8 Å². The van der Waals surface area contributed by atoms with Crippen LogP contribution in [0.4, 0.5) is 13.2 Å². The Morgan fingerprint density at radius 1 is 1.16 bits per heavy atom. The highest BCUT2D eigenvalue weighted by molar-refractivity contribution is 5.56. The Hall–Kier alpha value is -1.95. The van der Waals surface area contributed by atoms with Gasteiger partial charge in [-0.1, -0.05) is 12.1 Å². The molecule has 2 heterocycles. The summed E-state index contributed by atoms with van der Waals surface area (Å²) in [5.41, 5.74) is 1.54. The van der Waals surface area contributed by atoms with Crippen molar-refractivity contribution in [1.29, 1.82) is 0 Å². The molecule has 1 N–H and O–H groups in total. The molecular weight excluding hydrogens is 255 g/mol. The minimum Gasteiger partial charge on any atom is -0.307 e. The highest BCUT2D eigenvalue weighted by atomic mass is 19.4. The molecule has 98 valence electrons. The number of hydrogen-bond acceptors (Lipinski definition) is 3. The minimum atomic E-state index is -4.35. The van der Waals surface area contributed by atoms with Gasteiger partial charge in [0.2, 0.25) is 0 Å². The molecule has 0 radical (unpaired) electrons. The zero-order chi connectivity index (χ0) is 13.5. The molecule has 0 spiro atoms. The normalized spacial score (nSPS) is 14.5. The van der Waals surface area contributed by atoms with E-state index in [2.05, 4.69) is 15.3 Å². The van der Waals surface area contributed by atoms with E-state index in [1.807, 2.05) is 0 Å². The zero-order valence-electron chi connectivity index (χ0n) is 9.83. The van der Waals surface area contributed by atoms with Crippen molar-refractivity contribution in [3.05, 3.63) is 47.3 Å². The van der Waals surface area contributed by atoms with Gasteiger partial charge in [-0.2, -0.15) is 13.2 Å². The first kappa shape index (κ1) is 12.1. The fraction of sp³-hybridized carbons (Fsp3) is 0.231. The number of nitrogens with one attached hydrogen (secondary N) is 1. The Morgan fingerprint density at radius 2 is 2.00 bits per heavy atom. The van der Waals surface area contributed by atoms with Crippen LogP contribution in [0.1, 0.15) is 16.8 Å². The number of benzene rings is 1. The quantitative estimate of drug-likeness (QED) is 0.861. The standard InChI is InChI=1S/C13H10F3N3/c14-13(15,16)10-3-1-2-8(4-10)12-18-6-9-5-17-7-11(9)19-12/h1-4,6,17H,5,7H2. The van der Waals surface area contributed by atoms with Crippen molar-refractivity contribution in [2.45, 2.75) is 19.3 Å². The number of nitrogens with zero attached hydrogens (tertiary/aromatic N) is 2. The Morgan fingerprint density at radius 3 is 2.79 bits per heavy atom. The van der Waals surface area contributed by atoms with Gasteiger partial charge in [-0.15, -0.1) is 0 Å². The summed E-state index contributed by atoms with van der Waals surface area (Å²) in [6.45, 7) is 1.34. The van der Waals surface area contributed by atoms with Crippen LogP contribution in [0.15, 0.2) is 30.5 Å². The Labute approximate surface area is 107 Å². The number of halogens is 3. The second-order valence-electron chi connectivity index (χ2n) is 4.35. The molecule has 3 rings (SSSR count). The van der Waals surface area contributed by atoms with Crippen LogP contribution in [0, 0.1) is 0 Å². The maximum atomic E-state index is 12.7. The van der Waals surface area contributed by atoms with E-state index >= 15 is 0 Å². The molecular formula is C13H10F3N3. The second-order valence-corrected chi connectivity index (χ2v) is 4.35. The molecule has 0 unspecified atom stereocenters. The number of aromatic nitrogens is 2. The van der Waals surface area contributed by atoms with Crippen molar-refractivity contribution in [3.8, 4) is 11.4 Å². The van der Waals surface area contributed by atoms with Gasteiger partial charge >= 0.3 is 6.18 Å². The summed E-state index contributed by atoms with van der Waals surface area (Å²) >= 11 is 0.